The van der Waals surface area contributed by atoms with Gasteiger partial charge in [-0.15, -0.1) is 0 Å². The van der Waals surface area contributed by atoms with Crippen molar-refractivity contribution in [1.29, 1.82) is 0 Å². The van der Waals surface area contributed by atoms with Crippen LogP contribution in [0.15, 0.2) is 18.2 Å². The molecule has 1 aliphatic heterocycles. The van der Waals surface area contributed by atoms with Crippen molar-refractivity contribution in [1.82, 2.24) is 10.2 Å². The van der Waals surface area contributed by atoms with Gasteiger partial charge < -0.3 is 20.2 Å². The van der Waals surface area contributed by atoms with Crippen LogP contribution in [0, 0.1) is 0 Å². The van der Waals surface area contributed by atoms with Crippen molar-refractivity contribution in [3.63, 3.8) is 0 Å². The molecule has 0 spiro atoms. The summed E-state index contributed by atoms with van der Waals surface area (Å²) in [5, 5.41) is 13.5. The lowest BCUT2D eigenvalue weighted by molar-refractivity contribution is 0.328. The minimum Gasteiger partial charge on any atom is -0.508 e. The normalized spacial score (nSPS) is 22.1. The highest BCUT2D eigenvalue weighted by atomic mass is 16.3. The van der Waals surface area contributed by atoms with Crippen LogP contribution in [0.1, 0.15) is 38.3 Å². The molecule has 0 saturated carbocycles. The maximum atomic E-state index is 10.3. The summed E-state index contributed by atoms with van der Waals surface area (Å²) in [6.07, 6.45) is 2.29. The third-order valence-electron chi connectivity index (χ3n) is 4.62. The number of phenolic OH excluding ortho intramolecular Hbond substituents is 1. The highest BCUT2D eigenvalue weighted by molar-refractivity contribution is 5.55. The highest BCUT2D eigenvalue weighted by Crippen LogP contribution is 2.31. The van der Waals surface area contributed by atoms with Crippen LogP contribution in [0.5, 0.6) is 5.75 Å². The summed E-state index contributed by atoms with van der Waals surface area (Å²) < 4.78 is 0. The van der Waals surface area contributed by atoms with E-state index in [0.29, 0.717) is 11.8 Å². The van der Waals surface area contributed by atoms with Gasteiger partial charge in [-0.05, 0) is 46.5 Å². The molecule has 118 valence electrons. The minimum atomic E-state index is 0.163. The lowest BCUT2D eigenvalue weighted by Crippen LogP contribution is -2.39. The molecule has 4 nitrogen and oxygen atoms in total. The zero-order valence-electron chi connectivity index (χ0n) is 13.8. The van der Waals surface area contributed by atoms with Crippen molar-refractivity contribution < 1.29 is 5.11 Å². The maximum absolute atomic E-state index is 10.3. The summed E-state index contributed by atoms with van der Waals surface area (Å²) in [7, 11) is 4.11. The van der Waals surface area contributed by atoms with Gasteiger partial charge in [-0.2, -0.15) is 0 Å². The average Bonchev–Trinajstić information content (AvgIpc) is 2.67. The number of likely N-dealkylation sites (N-methyl/N-ethyl adjacent to an activating group) is 1. The Morgan fingerprint density at radius 2 is 2.14 bits per heavy atom. The van der Waals surface area contributed by atoms with Gasteiger partial charge in [-0.25, -0.2) is 0 Å². The maximum Gasteiger partial charge on any atom is 0.122 e. The first-order chi connectivity index (χ1) is 10.1. The Balaban J connectivity index is 2.25. The molecule has 0 aliphatic carbocycles. The Morgan fingerprint density at radius 3 is 2.76 bits per heavy atom. The van der Waals surface area contributed by atoms with E-state index in [9.17, 15) is 5.11 Å². The molecule has 2 atom stereocenters. The van der Waals surface area contributed by atoms with Crippen LogP contribution in [-0.2, 0) is 0 Å². The predicted octanol–water partition coefficient (Wildman–Crippen LogP) is 2.59. The van der Waals surface area contributed by atoms with E-state index in [0.717, 1.165) is 37.3 Å². The molecule has 0 amide bonds. The van der Waals surface area contributed by atoms with Crippen molar-refractivity contribution in [2.45, 2.75) is 38.8 Å². The van der Waals surface area contributed by atoms with Crippen LogP contribution in [-0.4, -0.2) is 49.8 Å². The third kappa shape index (κ3) is 3.69. The Hall–Kier alpha value is -1.26. The van der Waals surface area contributed by atoms with Gasteiger partial charge in [-0.1, -0.05) is 13.0 Å². The Morgan fingerprint density at radius 1 is 1.38 bits per heavy atom. The van der Waals surface area contributed by atoms with E-state index < -0.39 is 0 Å². The SMILES string of the molecule is CCC1CN(C)CCCN1c1ccc(C(C)NC)c(O)c1. The van der Waals surface area contributed by atoms with Crippen LogP contribution < -0.4 is 10.2 Å². The summed E-state index contributed by atoms with van der Waals surface area (Å²) in [5.74, 6) is 0.391. The monoisotopic (exact) mass is 291 g/mol. The number of benzene rings is 1. The fourth-order valence-corrected chi connectivity index (χ4v) is 3.16. The van der Waals surface area contributed by atoms with E-state index in [-0.39, 0.29) is 6.04 Å². The molecule has 0 bridgehead atoms. The number of rotatable bonds is 4. The predicted molar refractivity (Wildman–Crippen MR) is 89.1 cm³/mol. The van der Waals surface area contributed by atoms with Crippen molar-refractivity contribution in [3.8, 4) is 5.75 Å². The summed E-state index contributed by atoms with van der Waals surface area (Å²) in [5.41, 5.74) is 2.10. The molecule has 0 radical (unpaired) electrons. The van der Waals surface area contributed by atoms with Crippen LogP contribution in [0.25, 0.3) is 0 Å². The van der Waals surface area contributed by atoms with Crippen molar-refractivity contribution in [2.24, 2.45) is 0 Å². The number of hydrogen-bond acceptors (Lipinski definition) is 4. The standard InChI is InChI=1S/C17H29N3O/c1-5-14-12-19(4)9-6-10-20(14)15-7-8-16(13(2)18-3)17(21)11-15/h7-8,11,13-14,18,21H,5-6,9-10,12H2,1-4H3. The van der Waals surface area contributed by atoms with Crippen LogP contribution in [0.4, 0.5) is 5.69 Å². The third-order valence-corrected chi connectivity index (χ3v) is 4.62. The lowest BCUT2D eigenvalue weighted by Gasteiger charge is -2.32. The summed E-state index contributed by atoms with van der Waals surface area (Å²) in [4.78, 5) is 4.86. The van der Waals surface area contributed by atoms with Gasteiger partial charge in [0.05, 0.1) is 0 Å². The van der Waals surface area contributed by atoms with E-state index in [1.165, 1.54) is 6.42 Å². The van der Waals surface area contributed by atoms with Crippen LogP contribution in [0.2, 0.25) is 0 Å². The van der Waals surface area contributed by atoms with Gasteiger partial charge in [-0.3, -0.25) is 0 Å². The molecule has 4 heteroatoms. The number of phenols is 1. The second-order valence-corrected chi connectivity index (χ2v) is 6.12. The molecule has 0 aromatic heterocycles. The van der Waals surface area contributed by atoms with Gasteiger partial charge >= 0.3 is 0 Å². The van der Waals surface area contributed by atoms with Crippen molar-refractivity contribution >= 4 is 5.69 Å². The number of nitrogens with zero attached hydrogens (tertiary/aromatic N) is 2. The van der Waals surface area contributed by atoms with Crippen LogP contribution in [0.3, 0.4) is 0 Å². The Labute approximate surface area is 128 Å². The first-order valence-corrected chi connectivity index (χ1v) is 8.02. The van der Waals surface area contributed by atoms with Gasteiger partial charge in [0, 0.05) is 42.5 Å². The number of nitrogens with one attached hydrogen (secondary N) is 1. The molecule has 21 heavy (non-hydrogen) atoms. The number of hydrogen-bond donors (Lipinski definition) is 2. The van der Waals surface area contributed by atoms with E-state index in [1.54, 1.807) is 0 Å². The molecule has 1 fully saturated rings. The fraction of sp³-hybridized carbons (Fsp3) is 0.647. The molecule has 1 aromatic carbocycles. The van der Waals surface area contributed by atoms with E-state index in [2.05, 4.69) is 42.1 Å². The minimum absolute atomic E-state index is 0.163. The fourth-order valence-electron chi connectivity index (χ4n) is 3.16. The molecular formula is C17H29N3O. The van der Waals surface area contributed by atoms with E-state index in [4.69, 9.17) is 0 Å². The molecule has 2 N–H and O–H groups in total. The molecule has 2 unspecified atom stereocenters. The number of anilines is 1. The first kappa shape index (κ1) is 16.1. The van der Waals surface area contributed by atoms with E-state index >= 15 is 0 Å². The average molecular weight is 291 g/mol. The summed E-state index contributed by atoms with van der Waals surface area (Å²) in [6.45, 7) is 7.60. The van der Waals surface area contributed by atoms with Crippen LogP contribution >= 0.6 is 0 Å². The van der Waals surface area contributed by atoms with Gasteiger partial charge in [0.15, 0.2) is 0 Å². The number of aromatic hydroxyl groups is 1. The molecule has 1 saturated heterocycles. The molecule has 1 aliphatic rings. The van der Waals surface area contributed by atoms with E-state index in [1.807, 2.05) is 19.2 Å². The highest BCUT2D eigenvalue weighted by Gasteiger charge is 2.23. The summed E-state index contributed by atoms with van der Waals surface area (Å²) >= 11 is 0. The second kappa shape index (κ2) is 7.14. The van der Waals surface area contributed by atoms with Gasteiger partial charge in [0.25, 0.3) is 0 Å². The zero-order chi connectivity index (χ0) is 15.4. The van der Waals surface area contributed by atoms with Crippen molar-refractivity contribution in [3.05, 3.63) is 23.8 Å². The lowest BCUT2D eigenvalue weighted by atomic mass is 10.1. The molecule has 2 rings (SSSR count). The first-order valence-electron chi connectivity index (χ1n) is 8.02. The topological polar surface area (TPSA) is 38.7 Å². The zero-order valence-corrected chi connectivity index (χ0v) is 13.8. The Kier molecular flexibility index (Phi) is 5.48. The molecule has 1 heterocycles. The molecular weight excluding hydrogens is 262 g/mol. The smallest absolute Gasteiger partial charge is 0.122 e. The van der Waals surface area contributed by atoms with Crippen molar-refractivity contribution in [2.75, 3.05) is 38.6 Å². The Bertz CT molecular complexity index is 463. The summed E-state index contributed by atoms with van der Waals surface area (Å²) in [6, 6.07) is 6.81. The molecule has 1 aromatic rings. The quantitative estimate of drug-likeness (QED) is 0.894. The van der Waals surface area contributed by atoms with Gasteiger partial charge in [0.2, 0.25) is 0 Å². The van der Waals surface area contributed by atoms with Gasteiger partial charge in [0.1, 0.15) is 5.75 Å². The second-order valence-electron chi connectivity index (χ2n) is 6.12. The largest absolute Gasteiger partial charge is 0.508 e.